The van der Waals surface area contributed by atoms with Crippen molar-refractivity contribution >= 4 is 6.09 Å². The lowest BCUT2D eigenvalue weighted by molar-refractivity contribution is 0.194. The average molecular weight is 210 g/mol. The number of aromatic nitrogens is 1. The number of methoxy groups -OCH3 is 1. The Bertz CT molecular complexity index is 377. The van der Waals surface area contributed by atoms with Crippen molar-refractivity contribution in [3.05, 3.63) is 22.9 Å². The van der Waals surface area contributed by atoms with E-state index in [-0.39, 0.29) is 6.54 Å². The van der Waals surface area contributed by atoms with E-state index in [0.717, 1.165) is 16.8 Å². The topological polar surface area (TPSA) is 71.5 Å². The summed E-state index contributed by atoms with van der Waals surface area (Å²) in [5, 5.41) is 10.8. The Kier molecular flexibility index (Phi) is 3.49. The predicted molar refractivity (Wildman–Crippen MR) is 55.1 cm³/mol. The summed E-state index contributed by atoms with van der Waals surface area (Å²) >= 11 is 0. The van der Waals surface area contributed by atoms with Crippen LogP contribution in [0.1, 0.15) is 16.8 Å². The van der Waals surface area contributed by atoms with Gasteiger partial charge in [-0.05, 0) is 25.5 Å². The number of hydrogen-bond acceptors (Lipinski definition) is 3. The largest absolute Gasteiger partial charge is 0.481 e. The molecule has 15 heavy (non-hydrogen) atoms. The van der Waals surface area contributed by atoms with Gasteiger partial charge in [-0.2, -0.15) is 0 Å². The zero-order valence-corrected chi connectivity index (χ0v) is 9.00. The molecule has 0 fully saturated rings. The summed E-state index contributed by atoms with van der Waals surface area (Å²) < 4.78 is 5.10. The van der Waals surface area contributed by atoms with Crippen LogP contribution in [0, 0.1) is 13.8 Å². The first kappa shape index (κ1) is 11.3. The van der Waals surface area contributed by atoms with Crippen LogP contribution in [0.25, 0.3) is 0 Å². The second kappa shape index (κ2) is 4.63. The molecule has 1 aromatic rings. The van der Waals surface area contributed by atoms with Crippen molar-refractivity contribution in [1.82, 2.24) is 10.3 Å². The summed E-state index contributed by atoms with van der Waals surface area (Å²) in [5.41, 5.74) is 2.59. The Hall–Kier alpha value is -1.78. The SMILES string of the molecule is COc1nc(C)cc(C)c1CNC(=O)O. The monoisotopic (exact) mass is 210 g/mol. The van der Waals surface area contributed by atoms with E-state index >= 15 is 0 Å². The van der Waals surface area contributed by atoms with Crippen LogP contribution in [-0.4, -0.2) is 23.3 Å². The van der Waals surface area contributed by atoms with Crippen LogP contribution >= 0.6 is 0 Å². The first-order valence-corrected chi connectivity index (χ1v) is 4.52. The van der Waals surface area contributed by atoms with Crippen LogP contribution in [0.4, 0.5) is 4.79 Å². The molecule has 0 spiro atoms. The van der Waals surface area contributed by atoms with Gasteiger partial charge in [-0.15, -0.1) is 0 Å². The highest BCUT2D eigenvalue weighted by atomic mass is 16.5. The Morgan fingerprint density at radius 3 is 2.80 bits per heavy atom. The van der Waals surface area contributed by atoms with Crippen LogP contribution in [0.3, 0.4) is 0 Å². The van der Waals surface area contributed by atoms with Gasteiger partial charge in [0.25, 0.3) is 0 Å². The lowest BCUT2D eigenvalue weighted by atomic mass is 10.1. The standard InChI is InChI=1S/C10H14N2O3/c1-6-4-7(2)12-9(15-3)8(6)5-11-10(13)14/h4,11H,5H2,1-3H3,(H,13,14). The van der Waals surface area contributed by atoms with Gasteiger partial charge < -0.3 is 15.2 Å². The molecule has 0 bridgehead atoms. The first-order chi connectivity index (χ1) is 7.04. The molecule has 0 aliphatic carbocycles. The second-order valence-electron chi connectivity index (χ2n) is 3.23. The number of nitrogens with zero attached hydrogens (tertiary/aromatic N) is 1. The molecule has 1 amide bonds. The van der Waals surface area contributed by atoms with Gasteiger partial charge in [-0.3, -0.25) is 0 Å². The molecule has 5 nitrogen and oxygen atoms in total. The number of nitrogens with one attached hydrogen (secondary N) is 1. The van der Waals surface area contributed by atoms with Gasteiger partial charge in [0.05, 0.1) is 13.7 Å². The van der Waals surface area contributed by atoms with Crippen molar-refractivity contribution in [2.45, 2.75) is 20.4 Å². The Morgan fingerprint density at radius 2 is 2.27 bits per heavy atom. The van der Waals surface area contributed by atoms with Gasteiger partial charge in [-0.25, -0.2) is 9.78 Å². The number of pyridine rings is 1. The van der Waals surface area contributed by atoms with E-state index < -0.39 is 6.09 Å². The molecule has 1 rings (SSSR count). The van der Waals surface area contributed by atoms with E-state index in [9.17, 15) is 4.79 Å². The molecule has 0 radical (unpaired) electrons. The third kappa shape index (κ3) is 2.83. The van der Waals surface area contributed by atoms with Gasteiger partial charge in [0.15, 0.2) is 0 Å². The zero-order valence-electron chi connectivity index (χ0n) is 9.00. The van der Waals surface area contributed by atoms with Crippen molar-refractivity contribution in [2.24, 2.45) is 0 Å². The molecule has 82 valence electrons. The van der Waals surface area contributed by atoms with E-state index in [2.05, 4.69) is 10.3 Å². The maximum atomic E-state index is 10.4. The lowest BCUT2D eigenvalue weighted by Crippen LogP contribution is -2.21. The van der Waals surface area contributed by atoms with Gasteiger partial charge in [0, 0.05) is 11.3 Å². The van der Waals surface area contributed by atoms with E-state index in [1.54, 1.807) is 0 Å². The normalized spacial score (nSPS) is 9.80. The number of carboxylic acid groups (broad SMARTS) is 1. The number of amides is 1. The molecule has 0 aliphatic heterocycles. The molecular formula is C10H14N2O3. The van der Waals surface area contributed by atoms with Gasteiger partial charge in [0.1, 0.15) is 0 Å². The summed E-state index contributed by atoms with van der Waals surface area (Å²) in [6, 6.07) is 1.89. The van der Waals surface area contributed by atoms with Crippen LogP contribution < -0.4 is 10.1 Å². The minimum absolute atomic E-state index is 0.206. The molecule has 1 heterocycles. The quantitative estimate of drug-likeness (QED) is 0.792. The molecule has 0 saturated heterocycles. The van der Waals surface area contributed by atoms with Gasteiger partial charge in [0.2, 0.25) is 5.88 Å². The summed E-state index contributed by atoms with van der Waals surface area (Å²) in [4.78, 5) is 14.6. The van der Waals surface area contributed by atoms with E-state index in [1.807, 2.05) is 19.9 Å². The van der Waals surface area contributed by atoms with Crippen molar-refractivity contribution in [3.8, 4) is 5.88 Å². The molecule has 0 aliphatic rings. The lowest BCUT2D eigenvalue weighted by Gasteiger charge is -2.11. The highest BCUT2D eigenvalue weighted by Crippen LogP contribution is 2.20. The minimum atomic E-state index is -1.06. The number of aryl methyl sites for hydroxylation is 2. The Labute approximate surface area is 88.1 Å². The molecule has 1 aromatic heterocycles. The molecule has 2 N–H and O–H groups in total. The fourth-order valence-electron chi connectivity index (χ4n) is 1.38. The average Bonchev–Trinajstić information content (AvgIpc) is 2.14. The number of carbonyl (C=O) groups is 1. The molecule has 0 aromatic carbocycles. The van der Waals surface area contributed by atoms with Crippen LogP contribution in [0.2, 0.25) is 0 Å². The zero-order chi connectivity index (χ0) is 11.4. The molecule has 0 saturated carbocycles. The number of ether oxygens (including phenoxy) is 1. The third-order valence-corrected chi connectivity index (χ3v) is 2.05. The molecule has 0 unspecified atom stereocenters. The number of hydrogen-bond donors (Lipinski definition) is 2. The van der Waals surface area contributed by atoms with Gasteiger partial charge in [-0.1, -0.05) is 0 Å². The molecule has 5 heteroatoms. The molecule has 0 atom stereocenters. The smallest absolute Gasteiger partial charge is 0.404 e. The first-order valence-electron chi connectivity index (χ1n) is 4.52. The van der Waals surface area contributed by atoms with Crippen molar-refractivity contribution < 1.29 is 14.6 Å². The minimum Gasteiger partial charge on any atom is -0.481 e. The Morgan fingerprint density at radius 1 is 1.60 bits per heavy atom. The van der Waals surface area contributed by atoms with E-state index in [4.69, 9.17) is 9.84 Å². The summed E-state index contributed by atoms with van der Waals surface area (Å²) in [6.07, 6.45) is -1.06. The summed E-state index contributed by atoms with van der Waals surface area (Å²) in [5.74, 6) is 0.473. The van der Waals surface area contributed by atoms with E-state index in [0.29, 0.717) is 5.88 Å². The third-order valence-electron chi connectivity index (χ3n) is 2.05. The Balaban J connectivity index is 2.98. The maximum Gasteiger partial charge on any atom is 0.404 e. The van der Waals surface area contributed by atoms with Crippen molar-refractivity contribution in [3.63, 3.8) is 0 Å². The highest BCUT2D eigenvalue weighted by molar-refractivity contribution is 5.64. The number of rotatable bonds is 3. The molecular weight excluding hydrogens is 196 g/mol. The van der Waals surface area contributed by atoms with Crippen LogP contribution in [-0.2, 0) is 6.54 Å². The second-order valence-corrected chi connectivity index (χ2v) is 3.23. The van der Waals surface area contributed by atoms with Crippen molar-refractivity contribution in [2.75, 3.05) is 7.11 Å². The fraction of sp³-hybridized carbons (Fsp3) is 0.400. The van der Waals surface area contributed by atoms with E-state index in [1.165, 1.54) is 7.11 Å². The summed E-state index contributed by atoms with van der Waals surface area (Å²) in [7, 11) is 1.52. The highest BCUT2D eigenvalue weighted by Gasteiger charge is 2.09. The maximum absolute atomic E-state index is 10.4. The van der Waals surface area contributed by atoms with Crippen LogP contribution in [0.5, 0.6) is 5.88 Å². The fourth-order valence-corrected chi connectivity index (χ4v) is 1.38. The van der Waals surface area contributed by atoms with Crippen LogP contribution in [0.15, 0.2) is 6.07 Å². The van der Waals surface area contributed by atoms with Gasteiger partial charge >= 0.3 is 6.09 Å². The van der Waals surface area contributed by atoms with Crippen molar-refractivity contribution in [1.29, 1.82) is 0 Å². The summed E-state index contributed by atoms with van der Waals surface area (Å²) in [6.45, 7) is 3.97. The predicted octanol–water partition coefficient (Wildman–Crippen LogP) is 1.47.